The highest BCUT2D eigenvalue weighted by molar-refractivity contribution is 7.54. The van der Waals surface area contributed by atoms with Crippen molar-refractivity contribution in [1.82, 2.24) is 0 Å². The van der Waals surface area contributed by atoms with E-state index in [1.807, 2.05) is 0 Å². The molecule has 0 aliphatic rings. The van der Waals surface area contributed by atoms with Crippen molar-refractivity contribution >= 4 is 13.4 Å². The maximum absolute atomic E-state index is 13.5. The third-order valence-corrected chi connectivity index (χ3v) is 4.46. The molecule has 4 nitrogen and oxygen atoms in total. The van der Waals surface area contributed by atoms with Crippen molar-refractivity contribution in [2.45, 2.75) is 13.8 Å². The second kappa shape index (κ2) is 7.30. The highest BCUT2D eigenvalue weighted by atomic mass is 31.2. The summed E-state index contributed by atoms with van der Waals surface area (Å²) < 4.78 is 87.5. The van der Waals surface area contributed by atoms with Crippen LogP contribution in [0.15, 0.2) is 0 Å². The van der Waals surface area contributed by atoms with Crippen LogP contribution in [0.4, 0.5) is 22.0 Å². The topological polar surface area (TPSA) is 52.6 Å². The Morgan fingerprint density at radius 2 is 1.23 bits per heavy atom. The molecule has 0 atom stereocenters. The van der Waals surface area contributed by atoms with Crippen LogP contribution in [0.1, 0.15) is 24.2 Å². The second-order valence-electron chi connectivity index (χ2n) is 3.97. The van der Waals surface area contributed by atoms with Gasteiger partial charge in [0.15, 0.2) is 29.1 Å². The molecule has 10 heteroatoms. The quantitative estimate of drug-likeness (QED) is 0.248. The molecule has 1 aromatic rings. The van der Waals surface area contributed by atoms with Gasteiger partial charge in [0, 0.05) is 0 Å². The van der Waals surface area contributed by atoms with E-state index in [-0.39, 0.29) is 13.2 Å². The van der Waals surface area contributed by atoms with Crippen molar-refractivity contribution in [2.75, 3.05) is 19.4 Å². The molecule has 0 unspecified atom stereocenters. The monoisotopic (exact) mass is 346 g/mol. The smallest absolute Gasteiger partial charge is 0.309 e. The summed E-state index contributed by atoms with van der Waals surface area (Å²) >= 11 is 0. The van der Waals surface area contributed by atoms with E-state index < -0.39 is 54.2 Å². The summed E-state index contributed by atoms with van der Waals surface area (Å²) in [5.41, 5.74) is -1.67. The molecule has 22 heavy (non-hydrogen) atoms. The molecule has 1 aromatic carbocycles. The fourth-order valence-corrected chi connectivity index (χ4v) is 3.18. The minimum Gasteiger partial charge on any atom is -0.309 e. The van der Waals surface area contributed by atoms with Crippen molar-refractivity contribution < 1.29 is 40.4 Å². The fraction of sp³-hybridized carbons (Fsp3) is 0.417. The van der Waals surface area contributed by atoms with Crippen molar-refractivity contribution in [3.8, 4) is 0 Å². The number of carbonyl (C=O) groups excluding carboxylic acids is 1. The zero-order valence-corrected chi connectivity index (χ0v) is 12.5. The molecule has 0 aliphatic carbocycles. The van der Waals surface area contributed by atoms with Crippen molar-refractivity contribution in [2.24, 2.45) is 0 Å². The van der Waals surface area contributed by atoms with Crippen LogP contribution in [-0.4, -0.2) is 25.2 Å². The first-order valence-electron chi connectivity index (χ1n) is 6.11. The number of ketones is 1. The van der Waals surface area contributed by atoms with Gasteiger partial charge in [0.25, 0.3) is 0 Å². The normalized spacial score (nSPS) is 11.8. The minimum atomic E-state index is -4.04. The summed E-state index contributed by atoms with van der Waals surface area (Å²) in [4.78, 5) is 11.8. The fourth-order valence-electron chi connectivity index (χ4n) is 1.63. The van der Waals surface area contributed by atoms with Crippen LogP contribution in [0.25, 0.3) is 0 Å². The van der Waals surface area contributed by atoms with E-state index in [2.05, 4.69) is 0 Å². The maximum Gasteiger partial charge on any atom is 0.338 e. The number of halogens is 5. The summed E-state index contributed by atoms with van der Waals surface area (Å²) in [5, 5.41) is 0. The SMILES string of the molecule is CCOP(=O)(CC(=O)c1c(F)c(F)c(F)c(F)c1F)OCC. The lowest BCUT2D eigenvalue weighted by molar-refractivity contribution is 0.0994. The zero-order valence-electron chi connectivity index (χ0n) is 11.6. The van der Waals surface area contributed by atoms with Gasteiger partial charge >= 0.3 is 7.60 Å². The summed E-state index contributed by atoms with van der Waals surface area (Å²) in [7, 11) is -4.04. The zero-order chi connectivity index (χ0) is 17.1. The van der Waals surface area contributed by atoms with Crippen LogP contribution in [0.2, 0.25) is 0 Å². The van der Waals surface area contributed by atoms with Gasteiger partial charge in [-0.25, -0.2) is 22.0 Å². The van der Waals surface area contributed by atoms with Crippen molar-refractivity contribution in [3.05, 3.63) is 34.6 Å². The van der Waals surface area contributed by atoms with Crippen molar-refractivity contribution in [1.29, 1.82) is 0 Å². The van der Waals surface area contributed by atoms with E-state index in [1.165, 1.54) is 13.8 Å². The van der Waals surface area contributed by atoms with E-state index >= 15 is 0 Å². The average molecular weight is 346 g/mol. The van der Waals surface area contributed by atoms with Gasteiger partial charge in [-0.3, -0.25) is 9.36 Å². The van der Waals surface area contributed by atoms with Gasteiger partial charge in [0.1, 0.15) is 6.16 Å². The van der Waals surface area contributed by atoms with Gasteiger partial charge < -0.3 is 9.05 Å². The standard InChI is InChI=1S/C12H12F5O4P/c1-3-20-22(19,21-4-2)5-6(18)7-8(13)10(15)12(17)11(16)9(7)14/h3-5H2,1-2H3. The van der Waals surface area contributed by atoms with Gasteiger partial charge in [0.2, 0.25) is 5.82 Å². The third kappa shape index (κ3) is 3.71. The summed E-state index contributed by atoms with van der Waals surface area (Å²) in [6.07, 6.45) is -1.15. The molecule has 0 spiro atoms. The predicted molar refractivity (Wildman–Crippen MR) is 66.3 cm³/mol. The lowest BCUT2D eigenvalue weighted by Crippen LogP contribution is -2.17. The Morgan fingerprint density at radius 3 is 1.59 bits per heavy atom. The van der Waals surface area contributed by atoms with Crippen molar-refractivity contribution in [3.63, 3.8) is 0 Å². The molecule has 0 aliphatic heterocycles. The van der Waals surface area contributed by atoms with E-state index in [1.54, 1.807) is 0 Å². The molecule has 0 heterocycles. The van der Waals surface area contributed by atoms with Gasteiger partial charge in [-0.2, -0.15) is 0 Å². The summed E-state index contributed by atoms with van der Waals surface area (Å²) in [5.74, 6) is -13.1. The Bertz CT molecular complexity index is 595. The largest absolute Gasteiger partial charge is 0.338 e. The van der Waals surface area contributed by atoms with E-state index in [0.29, 0.717) is 0 Å². The number of benzene rings is 1. The van der Waals surface area contributed by atoms with Gasteiger partial charge in [-0.15, -0.1) is 0 Å². The number of hydrogen-bond donors (Lipinski definition) is 0. The number of carbonyl (C=O) groups is 1. The second-order valence-corrected chi connectivity index (χ2v) is 6.03. The molecule has 0 saturated heterocycles. The summed E-state index contributed by atoms with van der Waals surface area (Å²) in [6.45, 7) is 2.58. The average Bonchev–Trinajstić information content (AvgIpc) is 2.43. The van der Waals surface area contributed by atoms with Crippen LogP contribution in [-0.2, 0) is 13.6 Å². The Morgan fingerprint density at radius 1 is 0.864 bits per heavy atom. The number of hydrogen-bond acceptors (Lipinski definition) is 4. The Kier molecular flexibility index (Phi) is 6.22. The van der Waals surface area contributed by atoms with Crippen LogP contribution >= 0.6 is 7.60 Å². The van der Waals surface area contributed by atoms with Gasteiger partial charge in [-0.1, -0.05) is 0 Å². The molecule has 0 radical (unpaired) electrons. The number of rotatable bonds is 7. The van der Waals surface area contributed by atoms with Crippen LogP contribution in [0.3, 0.4) is 0 Å². The molecule has 124 valence electrons. The molecule has 0 N–H and O–H groups in total. The van der Waals surface area contributed by atoms with Gasteiger partial charge in [-0.05, 0) is 13.8 Å². The van der Waals surface area contributed by atoms with Crippen LogP contribution in [0, 0.1) is 29.1 Å². The lowest BCUT2D eigenvalue weighted by Gasteiger charge is -2.16. The van der Waals surface area contributed by atoms with E-state index in [4.69, 9.17) is 9.05 Å². The highest BCUT2D eigenvalue weighted by Gasteiger charge is 2.35. The van der Waals surface area contributed by atoms with E-state index in [0.717, 1.165) is 0 Å². The molecule has 0 fully saturated rings. The molecule has 0 saturated carbocycles. The Balaban J connectivity index is 3.27. The van der Waals surface area contributed by atoms with Crippen LogP contribution < -0.4 is 0 Å². The first-order valence-corrected chi connectivity index (χ1v) is 7.84. The molecular weight excluding hydrogens is 334 g/mol. The third-order valence-electron chi connectivity index (χ3n) is 2.48. The first-order chi connectivity index (χ1) is 10.2. The van der Waals surface area contributed by atoms with Crippen LogP contribution in [0.5, 0.6) is 0 Å². The first kappa shape index (κ1) is 18.7. The molecular formula is C12H12F5O4P. The highest BCUT2D eigenvalue weighted by Crippen LogP contribution is 2.48. The Hall–Kier alpha value is -1.31. The van der Waals surface area contributed by atoms with E-state index in [9.17, 15) is 31.3 Å². The minimum absolute atomic E-state index is 0.137. The Labute approximate surface area is 122 Å². The lowest BCUT2D eigenvalue weighted by atomic mass is 10.1. The molecule has 1 rings (SSSR count). The molecule has 0 amide bonds. The maximum atomic E-state index is 13.5. The number of Topliss-reactive ketones (excluding diaryl/α,β-unsaturated/α-hetero) is 1. The molecule has 0 bridgehead atoms. The summed E-state index contributed by atoms with van der Waals surface area (Å²) in [6, 6.07) is 0. The predicted octanol–water partition coefficient (Wildman–Crippen LogP) is 3.83. The molecule has 0 aromatic heterocycles. The van der Waals surface area contributed by atoms with Gasteiger partial charge in [0.05, 0.1) is 18.8 Å².